The Morgan fingerprint density at radius 3 is 2.60 bits per heavy atom. The van der Waals surface area contributed by atoms with Gasteiger partial charge in [0.1, 0.15) is 18.0 Å². The van der Waals surface area contributed by atoms with Gasteiger partial charge >= 0.3 is 6.03 Å². The number of anilines is 2. The molecular weight excluding hydrogens is 340 g/mol. The number of amides is 2. The second kappa shape index (κ2) is 8.13. The molecule has 0 radical (unpaired) electrons. The summed E-state index contributed by atoms with van der Waals surface area (Å²) in [6, 6.07) is 8.83. The van der Waals surface area contributed by atoms with Gasteiger partial charge in [-0.25, -0.2) is 14.8 Å². The predicted molar refractivity (Wildman–Crippen MR) is 99.1 cm³/mol. The van der Waals surface area contributed by atoms with E-state index in [-0.39, 0.29) is 6.03 Å². The lowest BCUT2D eigenvalue weighted by atomic mass is 10.2. The molecule has 8 heteroatoms. The maximum absolute atomic E-state index is 12.1. The number of nitrogens with one attached hydrogen (secondary N) is 2. The van der Waals surface area contributed by atoms with Gasteiger partial charge in [0.25, 0.3) is 0 Å². The van der Waals surface area contributed by atoms with Gasteiger partial charge in [-0.2, -0.15) is 0 Å². The molecule has 1 aliphatic heterocycles. The first-order chi connectivity index (χ1) is 12.1. The third-order valence-corrected chi connectivity index (χ3v) is 4.34. The van der Waals surface area contributed by atoms with Crippen LogP contribution in [0.15, 0.2) is 36.7 Å². The smallest absolute Gasteiger partial charge is 0.320 e. The van der Waals surface area contributed by atoms with E-state index in [0.29, 0.717) is 17.4 Å². The van der Waals surface area contributed by atoms with Crippen LogP contribution in [0, 0.1) is 0 Å². The fourth-order valence-electron chi connectivity index (χ4n) is 2.57. The maximum Gasteiger partial charge on any atom is 0.320 e. The number of hydrogen-bond acceptors (Lipinski definition) is 5. The number of hydrogen-bond donors (Lipinski definition) is 2. The van der Waals surface area contributed by atoms with Gasteiger partial charge in [0.15, 0.2) is 0 Å². The Labute approximate surface area is 152 Å². The number of halogens is 1. The largest absolute Gasteiger partial charge is 0.354 e. The molecular formula is C17H21ClN6O. The van der Waals surface area contributed by atoms with Crippen molar-refractivity contribution in [1.82, 2.24) is 20.2 Å². The topological polar surface area (TPSA) is 73.4 Å². The van der Waals surface area contributed by atoms with Crippen LogP contribution in [0.3, 0.4) is 0 Å². The number of nitrogens with zero attached hydrogens (tertiary/aromatic N) is 4. The highest BCUT2D eigenvalue weighted by Gasteiger charge is 2.16. The minimum Gasteiger partial charge on any atom is -0.354 e. The number of benzene rings is 1. The molecule has 0 spiro atoms. The quantitative estimate of drug-likeness (QED) is 0.874. The van der Waals surface area contributed by atoms with Crippen LogP contribution in [0.1, 0.15) is 5.56 Å². The molecule has 1 saturated heterocycles. The molecule has 1 aliphatic rings. The van der Waals surface area contributed by atoms with Gasteiger partial charge in [-0.05, 0) is 24.7 Å². The summed E-state index contributed by atoms with van der Waals surface area (Å²) in [5, 5.41) is 6.22. The van der Waals surface area contributed by atoms with Crippen LogP contribution in [0.4, 0.5) is 16.4 Å². The number of carbonyl (C=O) groups is 1. The van der Waals surface area contributed by atoms with E-state index in [2.05, 4.69) is 37.4 Å². The van der Waals surface area contributed by atoms with E-state index in [1.165, 1.54) is 6.33 Å². The number of carbonyl (C=O) groups excluding carboxylic acids is 1. The van der Waals surface area contributed by atoms with Crippen LogP contribution in [0.25, 0.3) is 0 Å². The minimum absolute atomic E-state index is 0.307. The number of aromatic nitrogens is 2. The first kappa shape index (κ1) is 17.4. The molecule has 1 aromatic carbocycles. The molecule has 0 saturated carbocycles. The Balaban J connectivity index is 1.54. The van der Waals surface area contributed by atoms with Crippen molar-refractivity contribution < 1.29 is 4.79 Å². The number of urea groups is 1. The zero-order valence-corrected chi connectivity index (χ0v) is 14.8. The fourth-order valence-corrected chi connectivity index (χ4v) is 2.69. The third-order valence-electron chi connectivity index (χ3n) is 4.09. The summed E-state index contributed by atoms with van der Waals surface area (Å²) in [4.78, 5) is 25.0. The minimum atomic E-state index is -0.307. The summed E-state index contributed by atoms with van der Waals surface area (Å²) in [7, 11) is 2.11. The first-order valence-electron chi connectivity index (χ1n) is 8.15. The van der Waals surface area contributed by atoms with Crippen molar-refractivity contribution in [2.45, 2.75) is 6.54 Å². The van der Waals surface area contributed by atoms with Crippen LogP contribution in [-0.2, 0) is 6.54 Å². The highest BCUT2D eigenvalue weighted by molar-refractivity contribution is 6.30. The molecule has 1 aromatic heterocycles. The van der Waals surface area contributed by atoms with Gasteiger partial charge < -0.3 is 15.1 Å². The van der Waals surface area contributed by atoms with E-state index in [4.69, 9.17) is 11.6 Å². The highest BCUT2D eigenvalue weighted by atomic mass is 35.5. The molecule has 7 nitrogen and oxygen atoms in total. The van der Waals surface area contributed by atoms with Crippen molar-refractivity contribution in [3.05, 3.63) is 47.2 Å². The van der Waals surface area contributed by atoms with Crippen LogP contribution in [0.5, 0.6) is 0 Å². The first-order valence-corrected chi connectivity index (χ1v) is 8.53. The lowest BCUT2D eigenvalue weighted by molar-refractivity contribution is 0.251. The van der Waals surface area contributed by atoms with Gasteiger partial charge in [-0.3, -0.25) is 5.32 Å². The summed E-state index contributed by atoms with van der Waals surface area (Å²) in [6.45, 7) is 4.23. The lowest BCUT2D eigenvalue weighted by Crippen LogP contribution is -2.44. The van der Waals surface area contributed by atoms with Crippen LogP contribution < -0.4 is 15.5 Å². The van der Waals surface area contributed by atoms with E-state index < -0.39 is 0 Å². The third kappa shape index (κ3) is 5.04. The summed E-state index contributed by atoms with van der Waals surface area (Å²) >= 11 is 5.85. The van der Waals surface area contributed by atoms with Gasteiger partial charge in [0, 0.05) is 43.8 Å². The van der Waals surface area contributed by atoms with E-state index in [1.54, 1.807) is 18.2 Å². The molecule has 2 aromatic rings. The normalized spacial score (nSPS) is 15.0. The van der Waals surface area contributed by atoms with E-state index >= 15 is 0 Å². The standard InChI is InChI=1S/C17H21ClN6O/c1-23-6-8-24(9-7-23)16-10-15(20-12-21-16)22-17(25)19-11-13-2-4-14(18)5-3-13/h2-5,10,12H,6-9,11H2,1H3,(H2,19,20,21,22,25). The molecule has 0 atom stereocenters. The van der Waals surface area contributed by atoms with E-state index in [9.17, 15) is 4.79 Å². The molecule has 0 bridgehead atoms. The summed E-state index contributed by atoms with van der Waals surface area (Å²) in [6.07, 6.45) is 1.47. The Morgan fingerprint density at radius 2 is 1.88 bits per heavy atom. The zero-order chi connectivity index (χ0) is 17.6. The SMILES string of the molecule is CN1CCN(c2cc(NC(=O)NCc3ccc(Cl)cc3)ncn2)CC1. The Bertz CT molecular complexity index is 715. The van der Waals surface area contributed by atoms with Gasteiger partial charge in [0.2, 0.25) is 0 Å². The molecule has 3 rings (SSSR count). The van der Waals surface area contributed by atoms with Crippen molar-refractivity contribution in [1.29, 1.82) is 0 Å². The predicted octanol–water partition coefficient (Wildman–Crippen LogP) is 2.20. The average molecular weight is 361 g/mol. The molecule has 132 valence electrons. The summed E-state index contributed by atoms with van der Waals surface area (Å²) < 4.78 is 0. The molecule has 1 fully saturated rings. The second-order valence-corrected chi connectivity index (χ2v) is 6.42. The van der Waals surface area contributed by atoms with Crippen molar-refractivity contribution in [2.75, 3.05) is 43.4 Å². The molecule has 2 heterocycles. The van der Waals surface area contributed by atoms with Crippen LogP contribution in [0.2, 0.25) is 5.02 Å². The Hall–Kier alpha value is -2.38. The number of piperazine rings is 1. The van der Waals surface area contributed by atoms with Crippen molar-refractivity contribution in [3.63, 3.8) is 0 Å². The summed E-state index contributed by atoms with van der Waals surface area (Å²) in [5.41, 5.74) is 0.973. The monoisotopic (exact) mass is 360 g/mol. The Kier molecular flexibility index (Phi) is 5.67. The van der Waals surface area contributed by atoms with E-state index in [1.807, 2.05) is 12.1 Å². The molecule has 0 unspecified atom stereocenters. The van der Waals surface area contributed by atoms with Crippen molar-refractivity contribution >= 4 is 29.3 Å². The van der Waals surface area contributed by atoms with E-state index in [0.717, 1.165) is 37.6 Å². The number of likely N-dealkylation sites (N-methyl/N-ethyl adjacent to an activating group) is 1. The average Bonchev–Trinajstić information content (AvgIpc) is 2.62. The fraction of sp³-hybridized carbons (Fsp3) is 0.353. The molecule has 0 aliphatic carbocycles. The lowest BCUT2D eigenvalue weighted by Gasteiger charge is -2.33. The highest BCUT2D eigenvalue weighted by Crippen LogP contribution is 2.16. The summed E-state index contributed by atoms with van der Waals surface area (Å²) in [5.74, 6) is 1.31. The van der Waals surface area contributed by atoms with Crippen LogP contribution >= 0.6 is 11.6 Å². The molecule has 25 heavy (non-hydrogen) atoms. The molecule has 2 N–H and O–H groups in total. The Morgan fingerprint density at radius 1 is 1.16 bits per heavy atom. The van der Waals surface area contributed by atoms with Crippen LogP contribution in [-0.4, -0.2) is 54.1 Å². The van der Waals surface area contributed by atoms with Gasteiger partial charge in [-0.15, -0.1) is 0 Å². The van der Waals surface area contributed by atoms with Crippen molar-refractivity contribution in [3.8, 4) is 0 Å². The van der Waals surface area contributed by atoms with Gasteiger partial charge in [0.05, 0.1) is 0 Å². The van der Waals surface area contributed by atoms with Crippen molar-refractivity contribution in [2.24, 2.45) is 0 Å². The molecule has 2 amide bonds. The van der Waals surface area contributed by atoms with Gasteiger partial charge in [-0.1, -0.05) is 23.7 Å². The maximum atomic E-state index is 12.1. The second-order valence-electron chi connectivity index (χ2n) is 5.99. The zero-order valence-electron chi connectivity index (χ0n) is 14.1. The number of rotatable bonds is 4.